The molecule has 21 heavy (non-hydrogen) atoms. The molecule has 2 rings (SSSR count). The molecule has 0 bridgehead atoms. The third kappa shape index (κ3) is 3.62. The van der Waals surface area contributed by atoms with Gasteiger partial charge in [0.1, 0.15) is 5.82 Å². The van der Waals surface area contributed by atoms with Gasteiger partial charge >= 0.3 is 0 Å². The van der Waals surface area contributed by atoms with Gasteiger partial charge in [0.25, 0.3) is 0 Å². The number of amides is 1. The quantitative estimate of drug-likeness (QED) is 0.876. The van der Waals surface area contributed by atoms with Gasteiger partial charge in [-0.3, -0.25) is 4.79 Å². The van der Waals surface area contributed by atoms with Crippen molar-refractivity contribution in [3.05, 3.63) is 35.6 Å². The number of rotatable bonds is 5. The summed E-state index contributed by atoms with van der Waals surface area (Å²) in [5.74, 6) is -0.233. The number of halogens is 1. The van der Waals surface area contributed by atoms with Crippen LogP contribution in [-0.4, -0.2) is 25.5 Å². The van der Waals surface area contributed by atoms with Crippen molar-refractivity contribution in [2.75, 3.05) is 13.6 Å². The third-order valence-corrected chi connectivity index (χ3v) is 4.58. The van der Waals surface area contributed by atoms with Crippen LogP contribution in [0.5, 0.6) is 0 Å². The Balaban J connectivity index is 2.22. The van der Waals surface area contributed by atoms with E-state index in [0.29, 0.717) is 6.54 Å². The van der Waals surface area contributed by atoms with E-state index in [9.17, 15) is 9.18 Å². The first kappa shape index (κ1) is 16.0. The lowest BCUT2D eigenvalue weighted by molar-refractivity contribution is -0.128. The molecule has 1 atom stereocenters. The number of carbonyl (C=O) groups excluding carboxylic acids is 1. The second kappa shape index (κ2) is 7.03. The predicted molar refractivity (Wildman–Crippen MR) is 82.7 cm³/mol. The maximum Gasteiger partial charge on any atom is 0.230 e. The summed E-state index contributed by atoms with van der Waals surface area (Å²) in [6, 6.07) is 6.76. The first-order chi connectivity index (χ1) is 10.1. The summed E-state index contributed by atoms with van der Waals surface area (Å²) in [6.07, 6.45) is 4.79. The number of hydrogen-bond donors (Lipinski definition) is 2. The number of nitrogens with one attached hydrogen (secondary N) is 2. The van der Waals surface area contributed by atoms with Gasteiger partial charge in [0, 0.05) is 12.6 Å². The van der Waals surface area contributed by atoms with E-state index in [1.54, 1.807) is 6.07 Å². The van der Waals surface area contributed by atoms with Crippen molar-refractivity contribution < 1.29 is 9.18 Å². The summed E-state index contributed by atoms with van der Waals surface area (Å²) in [6.45, 7) is 2.61. The lowest BCUT2D eigenvalue weighted by Gasteiger charge is -2.36. The SMILES string of the molecule is CNC(C)CNC(=O)C1(c2cccc(F)c2)CCCCC1. The zero-order valence-corrected chi connectivity index (χ0v) is 12.9. The zero-order valence-electron chi connectivity index (χ0n) is 12.9. The highest BCUT2D eigenvalue weighted by Gasteiger charge is 2.41. The molecule has 0 aliphatic heterocycles. The van der Waals surface area contributed by atoms with Crippen LogP contribution in [0.15, 0.2) is 24.3 Å². The van der Waals surface area contributed by atoms with Crippen LogP contribution in [0.2, 0.25) is 0 Å². The molecular weight excluding hydrogens is 267 g/mol. The second-order valence-electron chi connectivity index (χ2n) is 6.05. The Morgan fingerprint density at radius 2 is 2.05 bits per heavy atom. The summed E-state index contributed by atoms with van der Waals surface area (Å²) in [4.78, 5) is 12.8. The highest BCUT2D eigenvalue weighted by Crippen LogP contribution is 2.39. The van der Waals surface area contributed by atoms with Crippen LogP contribution in [0, 0.1) is 5.82 Å². The lowest BCUT2D eigenvalue weighted by Crippen LogP contribution is -2.48. The Morgan fingerprint density at radius 1 is 1.33 bits per heavy atom. The molecule has 116 valence electrons. The van der Waals surface area contributed by atoms with Gasteiger partial charge in [-0.25, -0.2) is 4.39 Å². The van der Waals surface area contributed by atoms with Crippen molar-refractivity contribution in [3.8, 4) is 0 Å². The summed E-state index contributed by atoms with van der Waals surface area (Å²) < 4.78 is 13.6. The smallest absolute Gasteiger partial charge is 0.230 e. The molecule has 1 aromatic rings. The molecule has 0 saturated heterocycles. The molecular formula is C17H25FN2O. The Hall–Kier alpha value is -1.42. The largest absolute Gasteiger partial charge is 0.354 e. The number of benzene rings is 1. The number of likely N-dealkylation sites (N-methyl/N-ethyl adjacent to an activating group) is 1. The highest BCUT2D eigenvalue weighted by atomic mass is 19.1. The van der Waals surface area contributed by atoms with Crippen molar-refractivity contribution >= 4 is 5.91 Å². The molecule has 2 N–H and O–H groups in total. The van der Waals surface area contributed by atoms with Gasteiger partial charge in [0.2, 0.25) is 5.91 Å². The van der Waals surface area contributed by atoms with Crippen LogP contribution in [0.1, 0.15) is 44.6 Å². The van der Waals surface area contributed by atoms with Crippen molar-refractivity contribution in [1.29, 1.82) is 0 Å². The normalized spacial score (nSPS) is 19.0. The second-order valence-corrected chi connectivity index (χ2v) is 6.05. The molecule has 0 heterocycles. The van der Waals surface area contributed by atoms with E-state index >= 15 is 0 Å². The van der Waals surface area contributed by atoms with Crippen molar-refractivity contribution in [3.63, 3.8) is 0 Å². The van der Waals surface area contributed by atoms with E-state index in [0.717, 1.165) is 37.7 Å². The Labute approximate surface area is 126 Å². The van der Waals surface area contributed by atoms with Gasteiger partial charge in [-0.1, -0.05) is 31.4 Å². The topological polar surface area (TPSA) is 41.1 Å². The summed E-state index contributed by atoms with van der Waals surface area (Å²) in [5.41, 5.74) is 0.255. The van der Waals surface area contributed by atoms with Crippen LogP contribution in [0.4, 0.5) is 4.39 Å². The van der Waals surface area contributed by atoms with Crippen molar-refractivity contribution in [1.82, 2.24) is 10.6 Å². The minimum Gasteiger partial charge on any atom is -0.354 e. The van der Waals surface area contributed by atoms with E-state index < -0.39 is 5.41 Å². The molecule has 4 heteroatoms. The molecule has 1 saturated carbocycles. The minimum atomic E-state index is -0.562. The molecule has 1 aliphatic carbocycles. The Morgan fingerprint density at radius 3 is 2.67 bits per heavy atom. The van der Waals surface area contributed by atoms with E-state index in [4.69, 9.17) is 0 Å². The van der Waals surface area contributed by atoms with E-state index in [2.05, 4.69) is 10.6 Å². The van der Waals surface area contributed by atoms with E-state index in [-0.39, 0.29) is 17.8 Å². The molecule has 0 aromatic heterocycles. The standard InChI is InChI=1S/C17H25FN2O/c1-13(19-2)12-20-16(21)17(9-4-3-5-10-17)14-7-6-8-15(18)11-14/h6-8,11,13,19H,3-5,9-10,12H2,1-2H3,(H,20,21). The molecule has 1 fully saturated rings. The summed E-state index contributed by atoms with van der Waals surface area (Å²) >= 11 is 0. The first-order valence-corrected chi connectivity index (χ1v) is 7.80. The van der Waals surface area contributed by atoms with Gasteiger partial charge < -0.3 is 10.6 Å². The fraction of sp³-hybridized carbons (Fsp3) is 0.588. The molecule has 0 spiro atoms. The minimum absolute atomic E-state index is 0.0369. The highest BCUT2D eigenvalue weighted by molar-refractivity contribution is 5.88. The monoisotopic (exact) mass is 292 g/mol. The fourth-order valence-corrected chi connectivity index (χ4v) is 3.11. The van der Waals surface area contributed by atoms with Crippen LogP contribution in [0.3, 0.4) is 0 Å². The number of carbonyl (C=O) groups is 1. The average Bonchev–Trinajstić information content (AvgIpc) is 2.52. The fourth-order valence-electron chi connectivity index (χ4n) is 3.11. The summed E-state index contributed by atoms with van der Waals surface area (Å²) in [5, 5.41) is 6.15. The predicted octanol–water partition coefficient (Wildman–Crippen LogP) is 2.75. The van der Waals surface area contributed by atoms with Gasteiger partial charge in [-0.05, 0) is 44.5 Å². The van der Waals surface area contributed by atoms with Crippen LogP contribution < -0.4 is 10.6 Å². The third-order valence-electron chi connectivity index (χ3n) is 4.58. The van der Waals surface area contributed by atoms with Crippen molar-refractivity contribution in [2.24, 2.45) is 0 Å². The maximum absolute atomic E-state index is 13.6. The average molecular weight is 292 g/mol. The van der Waals surface area contributed by atoms with Gasteiger partial charge in [0.05, 0.1) is 5.41 Å². The Bertz CT molecular complexity index is 483. The van der Waals surface area contributed by atoms with Gasteiger partial charge in [-0.15, -0.1) is 0 Å². The first-order valence-electron chi connectivity index (χ1n) is 7.80. The van der Waals surface area contributed by atoms with Crippen LogP contribution in [0.25, 0.3) is 0 Å². The maximum atomic E-state index is 13.6. The molecule has 1 aliphatic rings. The zero-order chi connectivity index (χ0) is 15.3. The molecule has 1 aromatic carbocycles. The van der Waals surface area contributed by atoms with E-state index in [1.165, 1.54) is 12.1 Å². The lowest BCUT2D eigenvalue weighted by atomic mass is 9.68. The van der Waals surface area contributed by atoms with Crippen LogP contribution >= 0.6 is 0 Å². The Kier molecular flexibility index (Phi) is 5.34. The molecule has 0 radical (unpaired) electrons. The molecule has 1 unspecified atom stereocenters. The van der Waals surface area contributed by atoms with Crippen molar-refractivity contribution in [2.45, 2.75) is 50.5 Å². The number of hydrogen-bond acceptors (Lipinski definition) is 2. The van der Waals surface area contributed by atoms with Gasteiger partial charge in [-0.2, -0.15) is 0 Å². The molecule has 1 amide bonds. The van der Waals surface area contributed by atoms with Crippen LogP contribution in [-0.2, 0) is 10.2 Å². The summed E-state index contributed by atoms with van der Waals surface area (Å²) in [7, 11) is 1.87. The van der Waals surface area contributed by atoms with Gasteiger partial charge in [0.15, 0.2) is 0 Å². The van der Waals surface area contributed by atoms with E-state index in [1.807, 2.05) is 20.0 Å². The molecule has 3 nitrogen and oxygen atoms in total.